The summed E-state index contributed by atoms with van der Waals surface area (Å²) in [5, 5.41) is 4.15. The molecule has 1 aromatic rings. The molecule has 104 valence electrons. The second-order valence-corrected chi connectivity index (χ2v) is 7.63. The van der Waals surface area contributed by atoms with E-state index >= 15 is 0 Å². The Kier molecular flexibility index (Phi) is 3.59. The minimum Gasteiger partial charge on any atom is -0.381 e. The molecule has 0 aromatic carbocycles. The lowest BCUT2D eigenvalue weighted by Gasteiger charge is -2.45. The largest absolute Gasteiger partial charge is 0.381 e. The normalized spacial score (nSPS) is 18.8. The van der Waals surface area contributed by atoms with Crippen LogP contribution in [0.5, 0.6) is 0 Å². The zero-order valence-electron chi connectivity index (χ0n) is 10.4. The first-order valence-electron chi connectivity index (χ1n) is 5.67. The maximum Gasteiger partial charge on any atom is 0.242 e. The van der Waals surface area contributed by atoms with Gasteiger partial charge >= 0.3 is 0 Å². The SMILES string of the molecule is [C-]#[N+]CC1(n2cc(Br)c(N)n2)CN(S(=O)(=O)CC)C1. The van der Waals surface area contributed by atoms with Crippen LogP contribution in [0, 0.1) is 6.57 Å². The van der Waals surface area contributed by atoms with Gasteiger partial charge in [0.15, 0.2) is 11.4 Å². The molecule has 2 N–H and O–H groups in total. The number of nitrogen functional groups attached to an aromatic ring is 1. The lowest BCUT2D eigenvalue weighted by Crippen LogP contribution is -2.65. The quantitative estimate of drug-likeness (QED) is 0.804. The van der Waals surface area contributed by atoms with Gasteiger partial charge in [-0.05, 0) is 22.9 Å². The lowest BCUT2D eigenvalue weighted by molar-refractivity contribution is 0.0836. The summed E-state index contributed by atoms with van der Waals surface area (Å²) in [7, 11) is -3.22. The lowest BCUT2D eigenvalue weighted by atomic mass is 9.93. The van der Waals surface area contributed by atoms with Gasteiger partial charge in [-0.1, -0.05) is 0 Å². The number of hydrogen-bond donors (Lipinski definition) is 1. The van der Waals surface area contributed by atoms with Gasteiger partial charge in [0, 0.05) is 19.3 Å². The molecule has 1 aliphatic heterocycles. The molecule has 2 heterocycles. The molecule has 0 radical (unpaired) electrons. The molecule has 0 spiro atoms. The van der Waals surface area contributed by atoms with Crippen LogP contribution >= 0.6 is 15.9 Å². The highest BCUT2D eigenvalue weighted by atomic mass is 79.9. The molecular formula is C10H14BrN5O2S. The van der Waals surface area contributed by atoms with Gasteiger partial charge in [-0.3, -0.25) is 4.68 Å². The molecule has 1 fully saturated rings. The van der Waals surface area contributed by atoms with Crippen LogP contribution in [0.3, 0.4) is 0 Å². The molecule has 0 bridgehead atoms. The van der Waals surface area contributed by atoms with E-state index in [1.807, 2.05) is 0 Å². The second-order valence-electron chi connectivity index (χ2n) is 4.52. The van der Waals surface area contributed by atoms with Gasteiger partial charge in [0.25, 0.3) is 0 Å². The maximum atomic E-state index is 11.8. The summed E-state index contributed by atoms with van der Waals surface area (Å²) >= 11 is 3.26. The fraction of sp³-hybridized carbons (Fsp3) is 0.600. The molecule has 0 unspecified atom stereocenters. The summed E-state index contributed by atoms with van der Waals surface area (Å²) in [5.41, 5.74) is 5.06. The van der Waals surface area contributed by atoms with E-state index in [-0.39, 0.29) is 25.4 Å². The van der Waals surface area contributed by atoms with E-state index in [1.165, 1.54) is 4.31 Å². The maximum absolute atomic E-state index is 11.8. The average molecular weight is 348 g/mol. The Labute approximate surface area is 120 Å². The van der Waals surface area contributed by atoms with Crippen molar-refractivity contribution in [2.75, 3.05) is 31.1 Å². The van der Waals surface area contributed by atoms with Crippen LogP contribution in [0.15, 0.2) is 10.7 Å². The van der Waals surface area contributed by atoms with Gasteiger partial charge in [-0.25, -0.2) is 15.0 Å². The monoisotopic (exact) mass is 347 g/mol. The molecule has 0 amide bonds. The molecule has 1 saturated heterocycles. The van der Waals surface area contributed by atoms with Crippen LogP contribution < -0.4 is 5.73 Å². The number of aromatic nitrogens is 2. The molecule has 1 aromatic heterocycles. The Balaban J connectivity index is 2.27. The fourth-order valence-electron chi connectivity index (χ4n) is 2.06. The summed E-state index contributed by atoms with van der Waals surface area (Å²) in [4.78, 5) is 3.40. The standard InChI is InChI=1S/C10H14BrN5O2S/c1-3-19(17,18)15-6-10(7-15,5-13-2)16-4-8(11)9(12)14-16/h4H,3,5-7H2,1H3,(H2,12,14). The third kappa shape index (κ3) is 2.35. The van der Waals surface area contributed by atoms with Crippen molar-refractivity contribution in [3.63, 3.8) is 0 Å². The first kappa shape index (κ1) is 14.3. The summed E-state index contributed by atoms with van der Waals surface area (Å²) in [6, 6.07) is 0. The predicted molar refractivity (Wildman–Crippen MR) is 74.8 cm³/mol. The Morgan fingerprint density at radius 1 is 1.63 bits per heavy atom. The first-order chi connectivity index (χ1) is 8.84. The van der Waals surface area contributed by atoms with Gasteiger partial charge in [0.2, 0.25) is 16.6 Å². The number of nitrogens with two attached hydrogens (primary N) is 1. The molecule has 2 rings (SSSR count). The Morgan fingerprint density at radius 3 is 2.68 bits per heavy atom. The third-order valence-electron chi connectivity index (χ3n) is 3.25. The van der Waals surface area contributed by atoms with Crippen LogP contribution in [0.2, 0.25) is 0 Å². The van der Waals surface area contributed by atoms with Crippen LogP contribution in [-0.4, -0.2) is 47.9 Å². The molecule has 19 heavy (non-hydrogen) atoms. The number of sulfonamides is 1. The highest BCUT2D eigenvalue weighted by Gasteiger charge is 2.52. The zero-order valence-corrected chi connectivity index (χ0v) is 12.8. The van der Waals surface area contributed by atoms with Crippen LogP contribution in [0.25, 0.3) is 4.85 Å². The zero-order chi connectivity index (χ0) is 14.3. The average Bonchev–Trinajstić information content (AvgIpc) is 2.63. The minimum atomic E-state index is -3.22. The highest BCUT2D eigenvalue weighted by Crippen LogP contribution is 2.33. The van der Waals surface area contributed by atoms with E-state index in [1.54, 1.807) is 17.8 Å². The van der Waals surface area contributed by atoms with Crippen molar-refractivity contribution in [3.05, 3.63) is 22.1 Å². The molecule has 1 aliphatic rings. The number of halogens is 1. The van der Waals surface area contributed by atoms with Crippen LogP contribution in [0.4, 0.5) is 5.82 Å². The molecule has 7 nitrogen and oxygen atoms in total. The summed E-state index contributed by atoms with van der Waals surface area (Å²) in [6.45, 7) is 9.35. The van der Waals surface area contributed by atoms with Crippen molar-refractivity contribution in [1.29, 1.82) is 0 Å². The van der Waals surface area contributed by atoms with Gasteiger partial charge in [0.05, 0.1) is 10.2 Å². The van der Waals surface area contributed by atoms with E-state index in [0.29, 0.717) is 10.3 Å². The molecule has 0 atom stereocenters. The third-order valence-corrected chi connectivity index (χ3v) is 5.64. The van der Waals surface area contributed by atoms with Gasteiger partial charge in [-0.15, -0.1) is 0 Å². The number of rotatable bonds is 4. The molecule has 0 saturated carbocycles. The van der Waals surface area contributed by atoms with Crippen molar-refractivity contribution in [2.45, 2.75) is 12.5 Å². The molecule has 0 aliphatic carbocycles. The van der Waals surface area contributed by atoms with E-state index in [4.69, 9.17) is 12.3 Å². The fourth-order valence-corrected chi connectivity index (χ4v) is 3.58. The second kappa shape index (κ2) is 4.77. The van der Waals surface area contributed by atoms with Crippen molar-refractivity contribution < 1.29 is 8.42 Å². The Hall–Kier alpha value is -1.11. The van der Waals surface area contributed by atoms with Crippen molar-refractivity contribution in [3.8, 4) is 0 Å². The summed E-state index contributed by atoms with van der Waals surface area (Å²) in [6.07, 6.45) is 1.69. The predicted octanol–water partition coefficient (Wildman–Crippen LogP) is 0.508. The molecular weight excluding hydrogens is 334 g/mol. The number of anilines is 1. The smallest absolute Gasteiger partial charge is 0.242 e. The number of nitrogens with zero attached hydrogens (tertiary/aromatic N) is 4. The van der Waals surface area contributed by atoms with Crippen LogP contribution in [0.1, 0.15) is 6.92 Å². The van der Waals surface area contributed by atoms with Gasteiger partial charge < -0.3 is 10.6 Å². The minimum absolute atomic E-state index is 0.0615. The van der Waals surface area contributed by atoms with Gasteiger partial charge in [0.1, 0.15) is 0 Å². The van der Waals surface area contributed by atoms with Crippen molar-refractivity contribution in [2.24, 2.45) is 0 Å². The van der Waals surface area contributed by atoms with Crippen molar-refractivity contribution in [1.82, 2.24) is 14.1 Å². The Bertz CT molecular complexity index is 607. The van der Waals surface area contributed by atoms with E-state index in [2.05, 4.69) is 25.9 Å². The number of hydrogen-bond acceptors (Lipinski definition) is 4. The van der Waals surface area contributed by atoms with E-state index < -0.39 is 15.6 Å². The molecule has 9 heteroatoms. The van der Waals surface area contributed by atoms with E-state index in [0.717, 1.165) is 0 Å². The van der Waals surface area contributed by atoms with Gasteiger partial charge in [-0.2, -0.15) is 9.40 Å². The summed E-state index contributed by atoms with van der Waals surface area (Å²) < 4.78 is 27.2. The first-order valence-corrected chi connectivity index (χ1v) is 8.07. The van der Waals surface area contributed by atoms with Crippen LogP contribution in [-0.2, 0) is 15.6 Å². The topological polar surface area (TPSA) is 85.6 Å². The highest BCUT2D eigenvalue weighted by molar-refractivity contribution is 9.10. The van der Waals surface area contributed by atoms with Crippen molar-refractivity contribution >= 4 is 31.8 Å². The summed E-state index contributed by atoms with van der Waals surface area (Å²) in [5.74, 6) is 0.396. The van der Waals surface area contributed by atoms with E-state index in [9.17, 15) is 8.42 Å². The Morgan fingerprint density at radius 2 is 2.26 bits per heavy atom.